The summed E-state index contributed by atoms with van der Waals surface area (Å²) in [4.78, 5) is 31.1. The first-order valence-electron chi connectivity index (χ1n) is 7.16. The first-order chi connectivity index (χ1) is 11.4. The first-order valence-corrected chi connectivity index (χ1v) is 7.67. The van der Waals surface area contributed by atoms with Gasteiger partial charge in [0, 0.05) is 36.3 Å². The molecule has 3 amide bonds. The maximum atomic E-state index is 11.6. The number of nitrogens with zero attached hydrogens (tertiary/aromatic N) is 2. The fourth-order valence-corrected chi connectivity index (χ4v) is 2.28. The van der Waals surface area contributed by atoms with Gasteiger partial charge in [-0.05, 0) is 24.6 Å². The highest BCUT2D eigenvalue weighted by Gasteiger charge is 2.14. The van der Waals surface area contributed by atoms with Crippen LogP contribution in [-0.2, 0) is 0 Å². The van der Waals surface area contributed by atoms with Crippen molar-refractivity contribution in [2.75, 3.05) is 11.9 Å². The lowest BCUT2D eigenvalue weighted by Gasteiger charge is -2.14. The zero-order valence-corrected chi connectivity index (χ0v) is 13.9. The second-order valence-electron chi connectivity index (χ2n) is 4.91. The molecule has 8 nitrogen and oxygen atoms in total. The number of nitrogens with one attached hydrogen (secondary N) is 2. The van der Waals surface area contributed by atoms with Crippen LogP contribution in [0.4, 0.5) is 10.6 Å². The smallest absolute Gasteiger partial charge is 0.320 e. The number of thiol groups is 1. The largest absolute Gasteiger partial charge is 0.366 e. The lowest BCUT2D eigenvalue weighted by atomic mass is 10.0. The number of rotatable bonds is 5. The van der Waals surface area contributed by atoms with Crippen LogP contribution in [0, 0.1) is 0 Å². The fraction of sp³-hybridized carbons (Fsp3) is 0.200. The molecule has 9 heteroatoms. The number of urea groups is 1. The molecule has 2 aromatic rings. The zero-order chi connectivity index (χ0) is 17.7. The Morgan fingerprint density at radius 1 is 1.29 bits per heavy atom. The number of primary amides is 1. The van der Waals surface area contributed by atoms with Crippen LogP contribution in [0.3, 0.4) is 0 Å². The van der Waals surface area contributed by atoms with Gasteiger partial charge in [-0.3, -0.25) is 15.1 Å². The molecular weight excluding hydrogens is 328 g/mol. The van der Waals surface area contributed by atoms with Gasteiger partial charge in [0.05, 0.1) is 10.9 Å². The second-order valence-corrected chi connectivity index (χ2v) is 5.47. The molecule has 0 bridgehead atoms. The van der Waals surface area contributed by atoms with Gasteiger partial charge < -0.3 is 16.8 Å². The number of anilines is 1. The Morgan fingerprint density at radius 3 is 2.67 bits per heavy atom. The lowest BCUT2D eigenvalue weighted by molar-refractivity contribution is 0.1000. The van der Waals surface area contributed by atoms with Gasteiger partial charge in [0.25, 0.3) is 0 Å². The topological polar surface area (TPSA) is 136 Å². The summed E-state index contributed by atoms with van der Waals surface area (Å²) in [5.41, 5.74) is 13.4. The van der Waals surface area contributed by atoms with E-state index < -0.39 is 11.3 Å². The maximum Gasteiger partial charge on any atom is 0.320 e. The van der Waals surface area contributed by atoms with Crippen LogP contribution in [-0.4, -0.2) is 28.5 Å². The minimum absolute atomic E-state index is 0.274. The molecule has 6 N–H and O–H groups in total. The van der Waals surface area contributed by atoms with Gasteiger partial charge >= 0.3 is 6.03 Å². The van der Waals surface area contributed by atoms with Crippen LogP contribution < -0.4 is 22.1 Å². The van der Waals surface area contributed by atoms with Crippen LogP contribution in [0.1, 0.15) is 28.2 Å². The molecule has 0 radical (unpaired) electrons. The number of pyridine rings is 2. The molecule has 0 saturated carbocycles. The number of nitrogens with two attached hydrogens (primary N) is 2. The summed E-state index contributed by atoms with van der Waals surface area (Å²) in [6, 6.07) is 2.86. The van der Waals surface area contributed by atoms with Crippen molar-refractivity contribution in [1.82, 2.24) is 15.3 Å². The van der Waals surface area contributed by atoms with Crippen molar-refractivity contribution in [3.8, 4) is 11.1 Å². The monoisotopic (exact) mass is 346 g/mol. The summed E-state index contributed by atoms with van der Waals surface area (Å²) < 4.78 is 0. The van der Waals surface area contributed by atoms with Crippen molar-refractivity contribution in [1.29, 1.82) is 0 Å². The predicted octanol–water partition coefficient (Wildman–Crippen LogP) is 1.27. The molecule has 2 aromatic heterocycles. The van der Waals surface area contributed by atoms with Crippen LogP contribution >= 0.6 is 12.6 Å². The van der Waals surface area contributed by atoms with E-state index in [2.05, 4.69) is 33.2 Å². The molecule has 0 spiro atoms. The van der Waals surface area contributed by atoms with E-state index in [0.717, 1.165) is 0 Å². The Kier molecular flexibility index (Phi) is 5.72. The summed E-state index contributed by atoms with van der Waals surface area (Å²) in [5.74, 6) is -0.244. The molecule has 126 valence electrons. The second kappa shape index (κ2) is 7.75. The van der Waals surface area contributed by atoms with E-state index in [1.54, 1.807) is 18.3 Å². The molecule has 1 atom stereocenters. The average Bonchev–Trinajstić information content (AvgIpc) is 2.55. The Balaban J connectivity index is 2.42. The van der Waals surface area contributed by atoms with Gasteiger partial charge in [0.15, 0.2) is 0 Å². The van der Waals surface area contributed by atoms with Crippen molar-refractivity contribution < 1.29 is 9.59 Å². The van der Waals surface area contributed by atoms with E-state index in [1.165, 1.54) is 12.4 Å². The molecule has 0 fully saturated rings. The number of hydrogen-bond donors (Lipinski definition) is 5. The molecule has 2 rings (SSSR count). The van der Waals surface area contributed by atoms with Gasteiger partial charge in [-0.1, -0.05) is 0 Å². The summed E-state index contributed by atoms with van der Waals surface area (Å²) in [6.07, 6.45) is 4.49. The van der Waals surface area contributed by atoms with E-state index in [0.29, 0.717) is 29.1 Å². The van der Waals surface area contributed by atoms with Crippen molar-refractivity contribution in [3.05, 3.63) is 41.9 Å². The number of hydrogen-bond acceptors (Lipinski definition) is 6. The quantitative estimate of drug-likeness (QED) is 0.410. The van der Waals surface area contributed by atoms with Gasteiger partial charge in [-0.25, -0.2) is 9.78 Å². The standard InChI is InChI=1S/C15H18N6O2S/c1-2-19-15(23)21-12-4-10(14(17)24)11(7-20-12)8-3-9(13(16)22)6-18-5-8/h3-7,14,24H,2,17H2,1H3,(H2,16,22)(H2,19,20,21,23). The molecular formula is C15H18N6O2S. The Morgan fingerprint density at radius 2 is 2.04 bits per heavy atom. The van der Waals surface area contributed by atoms with Gasteiger partial charge in [-0.2, -0.15) is 12.6 Å². The van der Waals surface area contributed by atoms with Crippen LogP contribution in [0.2, 0.25) is 0 Å². The third kappa shape index (κ3) is 4.21. The third-order valence-corrected chi connectivity index (χ3v) is 3.45. The molecule has 24 heavy (non-hydrogen) atoms. The average molecular weight is 346 g/mol. The summed E-state index contributed by atoms with van der Waals surface area (Å²) in [7, 11) is 0. The summed E-state index contributed by atoms with van der Waals surface area (Å²) in [6.45, 7) is 2.30. The Hall–Kier alpha value is -2.65. The number of carbonyl (C=O) groups excluding carboxylic acids is 2. The van der Waals surface area contributed by atoms with E-state index in [9.17, 15) is 9.59 Å². The predicted molar refractivity (Wildman–Crippen MR) is 94.6 cm³/mol. The van der Waals surface area contributed by atoms with Gasteiger partial charge in [0.2, 0.25) is 5.91 Å². The van der Waals surface area contributed by atoms with Crippen LogP contribution in [0.5, 0.6) is 0 Å². The van der Waals surface area contributed by atoms with Crippen molar-refractivity contribution in [3.63, 3.8) is 0 Å². The van der Waals surface area contributed by atoms with E-state index in [-0.39, 0.29) is 11.6 Å². The number of carbonyl (C=O) groups is 2. The Bertz CT molecular complexity index is 765. The lowest BCUT2D eigenvalue weighted by Crippen LogP contribution is -2.28. The van der Waals surface area contributed by atoms with Crippen molar-refractivity contribution in [2.45, 2.75) is 12.3 Å². The molecule has 0 saturated heterocycles. The first kappa shape index (κ1) is 17.7. The van der Waals surface area contributed by atoms with Gasteiger partial charge in [0.1, 0.15) is 5.82 Å². The SMILES string of the molecule is CCNC(=O)Nc1cc(C(N)S)c(-c2cncc(C(N)=O)c2)cn1. The van der Waals surface area contributed by atoms with Crippen molar-refractivity contribution in [2.24, 2.45) is 11.5 Å². The summed E-state index contributed by atoms with van der Waals surface area (Å²) in [5, 5.41) is 4.60. The normalized spacial score (nSPS) is 11.6. The Labute approximate surface area is 144 Å². The van der Waals surface area contributed by atoms with Crippen LogP contribution in [0.15, 0.2) is 30.7 Å². The van der Waals surface area contributed by atoms with Crippen molar-refractivity contribution >= 4 is 30.4 Å². The van der Waals surface area contributed by atoms with E-state index in [4.69, 9.17) is 11.5 Å². The molecule has 0 aliphatic rings. The molecule has 0 aromatic carbocycles. The fourth-order valence-electron chi connectivity index (χ4n) is 2.07. The van der Waals surface area contributed by atoms with E-state index >= 15 is 0 Å². The molecule has 0 aliphatic carbocycles. The highest BCUT2D eigenvalue weighted by Crippen LogP contribution is 2.30. The van der Waals surface area contributed by atoms with Gasteiger partial charge in [-0.15, -0.1) is 0 Å². The highest BCUT2D eigenvalue weighted by molar-refractivity contribution is 7.80. The third-order valence-electron chi connectivity index (χ3n) is 3.17. The van der Waals surface area contributed by atoms with Crippen LogP contribution in [0.25, 0.3) is 11.1 Å². The van der Waals surface area contributed by atoms with E-state index in [1.807, 2.05) is 6.92 Å². The summed E-state index contributed by atoms with van der Waals surface area (Å²) >= 11 is 4.26. The number of amides is 3. The molecule has 2 heterocycles. The molecule has 0 aliphatic heterocycles. The number of aromatic nitrogens is 2. The maximum absolute atomic E-state index is 11.6. The molecule has 1 unspecified atom stereocenters. The zero-order valence-electron chi connectivity index (χ0n) is 13.0. The minimum atomic E-state index is -0.616. The minimum Gasteiger partial charge on any atom is -0.366 e. The highest BCUT2D eigenvalue weighted by atomic mass is 32.1.